The maximum Gasteiger partial charge on any atom is 0.407 e. The lowest BCUT2D eigenvalue weighted by Crippen LogP contribution is -2.45. The molecule has 0 spiro atoms. The zero-order valence-corrected chi connectivity index (χ0v) is 20.1. The first kappa shape index (κ1) is 27.6. The van der Waals surface area contributed by atoms with Gasteiger partial charge < -0.3 is 28.1 Å². The van der Waals surface area contributed by atoms with Gasteiger partial charge in [0.25, 0.3) is 0 Å². The summed E-state index contributed by atoms with van der Waals surface area (Å²) in [4.78, 5) is 12.3. The van der Waals surface area contributed by atoms with Crippen molar-refractivity contribution >= 4 is 21.3 Å². The van der Waals surface area contributed by atoms with Crippen LogP contribution in [0.25, 0.3) is 0 Å². The van der Waals surface area contributed by atoms with E-state index in [2.05, 4.69) is 5.32 Å². The fourth-order valence-corrected chi connectivity index (χ4v) is 8.40. The zero-order chi connectivity index (χ0) is 22.0. The zero-order valence-electron chi connectivity index (χ0n) is 18.4. The fraction of sp³-hybridized carbons (Fsp3) is 0.941. The number of alkyl carbamates (subject to hydrolysis) is 1. The van der Waals surface area contributed by atoms with Crippen molar-refractivity contribution in [3.8, 4) is 0 Å². The summed E-state index contributed by atoms with van der Waals surface area (Å²) in [5.41, 5.74) is -0.731. The van der Waals surface area contributed by atoms with Gasteiger partial charge in [0.1, 0.15) is 5.60 Å². The molecule has 0 rings (SSSR count). The second kappa shape index (κ2) is 12.3. The molecule has 0 fully saturated rings. The second-order valence-electron chi connectivity index (χ2n) is 6.83. The molecule has 9 nitrogen and oxygen atoms in total. The molecule has 0 aromatic heterocycles. The quantitative estimate of drug-likeness (QED) is 0.388. The van der Waals surface area contributed by atoms with Gasteiger partial charge in [-0.2, -0.15) is 0 Å². The van der Waals surface area contributed by atoms with E-state index in [0.717, 1.165) is 0 Å². The molecule has 0 saturated heterocycles. The third-order valence-corrected chi connectivity index (χ3v) is 9.57. The van der Waals surface area contributed by atoms with E-state index >= 15 is 0 Å². The van der Waals surface area contributed by atoms with E-state index in [-0.39, 0.29) is 32.8 Å². The molecule has 1 N–H and O–H groups in total. The Morgan fingerprint density at radius 3 is 1.43 bits per heavy atom. The lowest BCUT2D eigenvalue weighted by Gasteiger charge is -2.36. The Bertz CT molecular complexity index is 514. The molecule has 0 aliphatic rings. The number of carbonyl (C=O) groups excluding carboxylic acids is 1. The summed E-state index contributed by atoms with van der Waals surface area (Å²) in [6.07, 6.45) is -0.457. The molecule has 1 unspecified atom stereocenters. The van der Waals surface area contributed by atoms with Crippen LogP contribution in [0.2, 0.25) is 0 Å². The standard InChI is InChI=1S/C17H37NO8P2/c1-9-14(18-16(19)26-17(6,7)8)15(27(20,22-10-2)23-11-3)28(21,24-12-4)25-13-5/h14-15H,9-13H2,1-8H3,(H,18,19). The van der Waals surface area contributed by atoms with E-state index in [1.807, 2.05) is 0 Å². The van der Waals surface area contributed by atoms with Crippen molar-refractivity contribution < 1.29 is 36.8 Å². The van der Waals surface area contributed by atoms with Crippen molar-refractivity contribution in [1.82, 2.24) is 5.32 Å². The van der Waals surface area contributed by atoms with Crippen LogP contribution in [0.15, 0.2) is 0 Å². The molecule has 0 aromatic carbocycles. The number of ether oxygens (including phenoxy) is 1. The van der Waals surface area contributed by atoms with Crippen molar-refractivity contribution in [3.63, 3.8) is 0 Å². The van der Waals surface area contributed by atoms with E-state index < -0.39 is 38.3 Å². The monoisotopic (exact) mass is 445 g/mol. The van der Waals surface area contributed by atoms with Crippen molar-refractivity contribution in [2.45, 2.75) is 78.9 Å². The third kappa shape index (κ3) is 8.52. The summed E-state index contributed by atoms with van der Waals surface area (Å²) in [7, 11) is -7.95. The van der Waals surface area contributed by atoms with E-state index in [1.54, 1.807) is 55.4 Å². The summed E-state index contributed by atoms with van der Waals surface area (Å²) >= 11 is 0. The minimum absolute atomic E-state index is 0.0644. The van der Waals surface area contributed by atoms with Crippen molar-refractivity contribution in [2.75, 3.05) is 26.4 Å². The van der Waals surface area contributed by atoms with Crippen LogP contribution in [0.4, 0.5) is 4.79 Å². The van der Waals surface area contributed by atoms with Gasteiger partial charge in [0.2, 0.25) is 0 Å². The van der Waals surface area contributed by atoms with Crippen LogP contribution in [-0.2, 0) is 32.0 Å². The first-order chi connectivity index (χ1) is 12.9. The summed E-state index contributed by atoms with van der Waals surface area (Å²) in [5, 5.41) is 1.31. The molecular weight excluding hydrogens is 408 g/mol. The normalized spacial score (nSPS) is 14.2. The highest BCUT2D eigenvalue weighted by Gasteiger charge is 2.55. The highest BCUT2D eigenvalue weighted by Crippen LogP contribution is 2.71. The molecule has 11 heteroatoms. The van der Waals surface area contributed by atoms with E-state index in [4.69, 9.17) is 22.8 Å². The molecule has 0 heterocycles. The van der Waals surface area contributed by atoms with Gasteiger partial charge in [0, 0.05) is 0 Å². The fourth-order valence-electron chi connectivity index (χ4n) is 2.56. The maximum absolute atomic E-state index is 13.6. The molecule has 0 aromatic rings. The molecule has 0 bridgehead atoms. The number of hydrogen-bond acceptors (Lipinski definition) is 8. The maximum atomic E-state index is 13.6. The number of nitrogens with one attached hydrogen (secondary N) is 1. The Kier molecular flexibility index (Phi) is 12.1. The van der Waals surface area contributed by atoms with E-state index in [9.17, 15) is 13.9 Å². The van der Waals surface area contributed by atoms with Crippen molar-refractivity contribution in [3.05, 3.63) is 0 Å². The Morgan fingerprint density at radius 1 is 0.821 bits per heavy atom. The number of carbonyl (C=O) groups is 1. The van der Waals surface area contributed by atoms with Crippen LogP contribution in [0.5, 0.6) is 0 Å². The van der Waals surface area contributed by atoms with Gasteiger partial charge in [-0.05, 0) is 54.9 Å². The van der Waals surface area contributed by atoms with Crippen molar-refractivity contribution in [1.29, 1.82) is 0 Å². The lowest BCUT2D eigenvalue weighted by molar-refractivity contribution is 0.0502. The van der Waals surface area contributed by atoms with Gasteiger partial charge in [-0.3, -0.25) is 9.13 Å². The first-order valence-corrected chi connectivity index (χ1v) is 12.9. The van der Waals surface area contributed by atoms with E-state index in [1.165, 1.54) is 0 Å². The van der Waals surface area contributed by atoms with Gasteiger partial charge >= 0.3 is 21.3 Å². The van der Waals surface area contributed by atoms with Crippen LogP contribution < -0.4 is 5.32 Å². The molecular formula is C17H37NO8P2. The van der Waals surface area contributed by atoms with Gasteiger partial charge in [0.15, 0.2) is 5.40 Å². The van der Waals surface area contributed by atoms with Gasteiger partial charge in [-0.25, -0.2) is 4.79 Å². The molecule has 1 atom stereocenters. The van der Waals surface area contributed by atoms with Gasteiger partial charge in [0.05, 0.1) is 32.5 Å². The highest BCUT2D eigenvalue weighted by molar-refractivity contribution is 7.72. The minimum Gasteiger partial charge on any atom is -0.444 e. The smallest absolute Gasteiger partial charge is 0.407 e. The summed E-state index contributed by atoms with van der Waals surface area (Å²) in [6.45, 7) is 13.8. The molecule has 0 radical (unpaired) electrons. The number of rotatable bonds is 13. The third-order valence-electron chi connectivity index (χ3n) is 3.39. The van der Waals surface area contributed by atoms with Crippen LogP contribution in [-0.4, -0.2) is 49.6 Å². The molecule has 1 amide bonds. The Labute approximate surface area is 169 Å². The van der Waals surface area contributed by atoms with Crippen LogP contribution in [0.1, 0.15) is 61.8 Å². The number of hydrogen-bond donors (Lipinski definition) is 1. The first-order valence-electron chi connectivity index (χ1n) is 9.69. The topological polar surface area (TPSA) is 109 Å². The van der Waals surface area contributed by atoms with Gasteiger partial charge in [-0.1, -0.05) is 6.92 Å². The van der Waals surface area contributed by atoms with Gasteiger partial charge in [-0.15, -0.1) is 0 Å². The molecule has 0 aliphatic heterocycles. The van der Waals surface area contributed by atoms with Crippen LogP contribution in [0, 0.1) is 0 Å². The largest absolute Gasteiger partial charge is 0.444 e. The minimum atomic E-state index is -3.97. The second-order valence-corrected chi connectivity index (χ2v) is 11.5. The predicted octanol–water partition coefficient (Wildman–Crippen LogP) is 5.15. The summed E-state index contributed by atoms with van der Waals surface area (Å²) in [6, 6.07) is -0.886. The predicted molar refractivity (Wildman–Crippen MR) is 109 cm³/mol. The summed E-state index contributed by atoms with van der Waals surface area (Å²) < 4.78 is 54.3. The Morgan fingerprint density at radius 2 is 1.18 bits per heavy atom. The average molecular weight is 445 g/mol. The number of amides is 1. The van der Waals surface area contributed by atoms with Crippen LogP contribution >= 0.6 is 15.2 Å². The molecule has 0 aliphatic carbocycles. The Hall–Kier alpha value is -0.430. The highest BCUT2D eigenvalue weighted by atomic mass is 31.2. The van der Waals surface area contributed by atoms with Crippen molar-refractivity contribution in [2.24, 2.45) is 0 Å². The molecule has 28 heavy (non-hydrogen) atoms. The lowest BCUT2D eigenvalue weighted by atomic mass is 10.2. The Balaban J connectivity index is 6.19. The molecule has 0 saturated carbocycles. The van der Waals surface area contributed by atoms with E-state index in [0.29, 0.717) is 0 Å². The van der Waals surface area contributed by atoms with Crippen LogP contribution in [0.3, 0.4) is 0 Å². The summed E-state index contributed by atoms with van der Waals surface area (Å²) in [5.74, 6) is 0. The molecule has 168 valence electrons. The SMILES string of the molecule is CCOP(=O)(OCC)C(C(CC)NC(=O)OC(C)(C)C)P(=O)(OCC)OCC. The average Bonchev–Trinajstić information content (AvgIpc) is 2.53.